The van der Waals surface area contributed by atoms with Gasteiger partial charge in [-0.2, -0.15) is 0 Å². The van der Waals surface area contributed by atoms with Crippen LogP contribution in [0.3, 0.4) is 0 Å². The van der Waals surface area contributed by atoms with Gasteiger partial charge < -0.3 is 9.67 Å². The van der Waals surface area contributed by atoms with Gasteiger partial charge in [0.05, 0.1) is 16.5 Å². The van der Waals surface area contributed by atoms with Crippen molar-refractivity contribution in [3.8, 4) is 5.75 Å². The van der Waals surface area contributed by atoms with Crippen molar-refractivity contribution in [1.82, 2.24) is 4.57 Å². The third-order valence-electron chi connectivity index (χ3n) is 3.37. The van der Waals surface area contributed by atoms with Gasteiger partial charge >= 0.3 is 0 Å². The van der Waals surface area contributed by atoms with Crippen molar-refractivity contribution >= 4 is 20.7 Å². The van der Waals surface area contributed by atoms with Gasteiger partial charge in [0.1, 0.15) is 5.75 Å². The van der Waals surface area contributed by atoms with Crippen LogP contribution in [-0.2, 0) is 22.1 Å². The van der Waals surface area contributed by atoms with Crippen LogP contribution in [0.1, 0.15) is 26.5 Å². The first-order valence-electron chi connectivity index (χ1n) is 6.38. The van der Waals surface area contributed by atoms with E-state index in [2.05, 4.69) is 0 Å². The second-order valence-electron chi connectivity index (χ2n) is 4.95. The van der Waals surface area contributed by atoms with Crippen LogP contribution in [-0.4, -0.2) is 23.3 Å². The minimum atomic E-state index is -3.15. The number of aromatic nitrogens is 1. The van der Waals surface area contributed by atoms with Crippen LogP contribution >= 0.6 is 0 Å². The van der Waals surface area contributed by atoms with Crippen LogP contribution in [0, 0.1) is 0 Å². The number of phenolic OH excluding ortho intramolecular Hbond substituents is 1. The van der Waals surface area contributed by atoms with E-state index in [-0.39, 0.29) is 11.5 Å². The normalized spacial score (nSPS) is 12.4. The van der Waals surface area contributed by atoms with E-state index in [1.807, 2.05) is 23.6 Å². The van der Waals surface area contributed by atoms with Crippen LogP contribution in [0.25, 0.3) is 10.9 Å². The molecule has 0 saturated carbocycles. The molecule has 0 aliphatic carbocycles. The molecule has 5 heteroatoms. The van der Waals surface area contributed by atoms with Crippen molar-refractivity contribution in [3.63, 3.8) is 0 Å². The van der Waals surface area contributed by atoms with Gasteiger partial charge in [-0.15, -0.1) is 0 Å². The Morgan fingerprint density at radius 3 is 2.58 bits per heavy atom. The first kappa shape index (κ1) is 13.9. The topological polar surface area (TPSA) is 59.3 Å². The average Bonchev–Trinajstić information content (AvgIpc) is 2.66. The number of aromatic hydroxyl groups is 1. The second-order valence-corrected chi connectivity index (χ2v) is 7.51. The Bertz CT molecular complexity index is 699. The number of benzene rings is 1. The number of para-hydroxylation sites is 1. The first-order chi connectivity index (χ1) is 8.86. The average molecular weight is 281 g/mol. The number of rotatable bonds is 4. The van der Waals surface area contributed by atoms with Crippen molar-refractivity contribution < 1.29 is 13.5 Å². The Kier molecular flexibility index (Phi) is 3.58. The van der Waals surface area contributed by atoms with Gasteiger partial charge in [-0.05, 0) is 32.9 Å². The minimum absolute atomic E-state index is 0.00657. The monoisotopic (exact) mass is 281 g/mol. The number of phenols is 1. The van der Waals surface area contributed by atoms with Crippen LogP contribution in [0.5, 0.6) is 5.75 Å². The molecule has 0 amide bonds. The summed E-state index contributed by atoms with van der Waals surface area (Å²) in [6.45, 7) is 5.94. The van der Waals surface area contributed by atoms with E-state index in [1.165, 1.54) is 0 Å². The zero-order chi connectivity index (χ0) is 14.2. The van der Waals surface area contributed by atoms with Crippen molar-refractivity contribution in [3.05, 3.63) is 30.0 Å². The molecule has 0 atom stereocenters. The summed E-state index contributed by atoms with van der Waals surface area (Å²) in [6, 6.07) is 7.11. The zero-order valence-corrected chi connectivity index (χ0v) is 12.2. The zero-order valence-electron chi connectivity index (χ0n) is 11.4. The van der Waals surface area contributed by atoms with E-state index in [0.717, 1.165) is 11.1 Å². The molecule has 4 nitrogen and oxygen atoms in total. The van der Waals surface area contributed by atoms with E-state index >= 15 is 0 Å². The third-order valence-corrected chi connectivity index (χ3v) is 5.50. The quantitative estimate of drug-likeness (QED) is 0.937. The maximum absolute atomic E-state index is 12.1. The molecule has 0 bridgehead atoms. The molecular weight excluding hydrogens is 262 g/mol. The first-order valence-corrected chi connectivity index (χ1v) is 8.10. The lowest BCUT2D eigenvalue weighted by atomic mass is 10.2. The molecule has 1 aromatic carbocycles. The van der Waals surface area contributed by atoms with E-state index < -0.39 is 15.1 Å². The maximum atomic E-state index is 12.1. The molecule has 1 aromatic heterocycles. The van der Waals surface area contributed by atoms with Gasteiger partial charge in [-0.1, -0.05) is 12.1 Å². The van der Waals surface area contributed by atoms with E-state index in [9.17, 15) is 13.5 Å². The van der Waals surface area contributed by atoms with Gasteiger partial charge in [0.25, 0.3) is 0 Å². The fourth-order valence-electron chi connectivity index (χ4n) is 2.21. The number of hydrogen-bond donors (Lipinski definition) is 1. The van der Waals surface area contributed by atoms with Gasteiger partial charge in [-0.3, -0.25) is 0 Å². The number of sulfone groups is 1. The molecule has 0 radical (unpaired) electrons. The molecule has 104 valence electrons. The second kappa shape index (κ2) is 4.89. The largest absolute Gasteiger partial charge is 0.506 e. The standard InChI is InChI=1S/C14H19NO3S/c1-4-15-12(9-19(17,18)10(2)3)8-11-6-5-7-13(16)14(11)15/h5-8,10,16H,4,9H2,1-3H3. The number of fused-ring (bicyclic) bond motifs is 1. The van der Waals surface area contributed by atoms with Crippen molar-refractivity contribution in [2.45, 2.75) is 38.3 Å². The van der Waals surface area contributed by atoms with Crippen molar-refractivity contribution in [1.29, 1.82) is 0 Å². The lowest BCUT2D eigenvalue weighted by Crippen LogP contribution is -2.18. The van der Waals surface area contributed by atoms with Crippen LogP contribution in [0.2, 0.25) is 0 Å². The molecule has 1 N–H and O–H groups in total. The van der Waals surface area contributed by atoms with Crippen molar-refractivity contribution in [2.24, 2.45) is 0 Å². The smallest absolute Gasteiger partial charge is 0.158 e. The lowest BCUT2D eigenvalue weighted by molar-refractivity contribution is 0.477. The third kappa shape index (κ3) is 2.47. The fourth-order valence-corrected chi connectivity index (χ4v) is 3.20. The Balaban J connectivity index is 2.59. The molecule has 19 heavy (non-hydrogen) atoms. The molecule has 1 heterocycles. The van der Waals surface area contributed by atoms with E-state index in [0.29, 0.717) is 12.1 Å². The van der Waals surface area contributed by atoms with Crippen LogP contribution in [0.15, 0.2) is 24.3 Å². The van der Waals surface area contributed by atoms with E-state index in [1.54, 1.807) is 26.0 Å². The Hall–Kier alpha value is -1.49. The molecule has 0 aliphatic rings. The van der Waals surface area contributed by atoms with Gasteiger partial charge in [0.15, 0.2) is 9.84 Å². The van der Waals surface area contributed by atoms with Gasteiger partial charge in [0, 0.05) is 17.6 Å². The molecule has 0 saturated heterocycles. The number of aryl methyl sites for hydroxylation is 1. The van der Waals surface area contributed by atoms with E-state index in [4.69, 9.17) is 0 Å². The molecule has 0 fully saturated rings. The SMILES string of the molecule is CCn1c(CS(=O)(=O)C(C)C)cc2cccc(O)c21. The highest BCUT2D eigenvalue weighted by atomic mass is 32.2. The number of nitrogens with zero attached hydrogens (tertiary/aromatic N) is 1. The summed E-state index contributed by atoms with van der Waals surface area (Å²) in [7, 11) is -3.15. The summed E-state index contributed by atoms with van der Waals surface area (Å²) in [6.07, 6.45) is 0. The summed E-state index contributed by atoms with van der Waals surface area (Å²) in [5, 5.41) is 10.4. The predicted octanol–water partition coefficient (Wildman–Crippen LogP) is 2.69. The Morgan fingerprint density at radius 1 is 1.32 bits per heavy atom. The van der Waals surface area contributed by atoms with Gasteiger partial charge in [-0.25, -0.2) is 8.42 Å². The molecule has 0 aliphatic heterocycles. The highest BCUT2D eigenvalue weighted by Crippen LogP contribution is 2.29. The highest BCUT2D eigenvalue weighted by molar-refractivity contribution is 7.91. The fraction of sp³-hybridized carbons (Fsp3) is 0.429. The number of hydrogen-bond acceptors (Lipinski definition) is 3. The summed E-state index contributed by atoms with van der Waals surface area (Å²) in [4.78, 5) is 0. The Morgan fingerprint density at radius 2 is 2.00 bits per heavy atom. The summed E-state index contributed by atoms with van der Waals surface area (Å²) in [5.74, 6) is 0.194. The summed E-state index contributed by atoms with van der Waals surface area (Å²) < 4.78 is 26.0. The highest BCUT2D eigenvalue weighted by Gasteiger charge is 2.20. The summed E-state index contributed by atoms with van der Waals surface area (Å²) in [5.41, 5.74) is 1.44. The van der Waals surface area contributed by atoms with Crippen LogP contribution in [0.4, 0.5) is 0 Å². The van der Waals surface area contributed by atoms with Crippen LogP contribution < -0.4 is 0 Å². The molecular formula is C14H19NO3S. The molecule has 2 aromatic rings. The molecule has 2 rings (SSSR count). The lowest BCUT2D eigenvalue weighted by Gasteiger charge is -2.11. The predicted molar refractivity (Wildman–Crippen MR) is 77.0 cm³/mol. The van der Waals surface area contributed by atoms with Crippen molar-refractivity contribution in [2.75, 3.05) is 0 Å². The molecule has 0 unspecified atom stereocenters. The Labute approximate surface area is 113 Å². The summed E-state index contributed by atoms with van der Waals surface area (Å²) >= 11 is 0. The van der Waals surface area contributed by atoms with Gasteiger partial charge in [0.2, 0.25) is 0 Å². The maximum Gasteiger partial charge on any atom is 0.158 e. The minimum Gasteiger partial charge on any atom is -0.506 e. The molecule has 0 spiro atoms.